The molecule has 136 valence electrons. The van der Waals surface area contributed by atoms with Gasteiger partial charge in [0.1, 0.15) is 13.7 Å². The number of hydrogen-bond donors (Lipinski definition) is 1. The standard InChI is InChI=1S/C19H20ClN3O3/c1-13(14-8-10-16(20)11-9-14)22-26-12-15-6-4-5-7-17(15)18(23-25-3)19(24)21-2/h4-11H,12H2,1-3H3,(H,21,24). The van der Waals surface area contributed by atoms with Gasteiger partial charge in [-0.2, -0.15) is 0 Å². The maximum atomic E-state index is 12.0. The molecule has 0 aliphatic rings. The van der Waals surface area contributed by atoms with Crippen molar-refractivity contribution >= 4 is 28.9 Å². The minimum absolute atomic E-state index is 0.174. The van der Waals surface area contributed by atoms with Crippen molar-refractivity contribution in [3.05, 3.63) is 70.2 Å². The molecule has 0 saturated heterocycles. The van der Waals surface area contributed by atoms with Gasteiger partial charge in [0.25, 0.3) is 5.91 Å². The third-order valence-corrected chi connectivity index (χ3v) is 3.83. The Morgan fingerprint density at radius 1 is 1.12 bits per heavy atom. The zero-order valence-corrected chi connectivity index (χ0v) is 15.6. The van der Waals surface area contributed by atoms with Gasteiger partial charge in [-0.05, 0) is 24.6 Å². The van der Waals surface area contributed by atoms with Crippen molar-refractivity contribution in [3.8, 4) is 0 Å². The fourth-order valence-electron chi connectivity index (χ4n) is 2.24. The average molecular weight is 374 g/mol. The molecule has 1 N–H and O–H groups in total. The summed E-state index contributed by atoms with van der Waals surface area (Å²) in [5.74, 6) is -0.347. The molecule has 0 saturated carbocycles. The lowest BCUT2D eigenvalue weighted by atomic mass is 10.0. The molecule has 0 fully saturated rings. The predicted octanol–water partition coefficient (Wildman–Crippen LogP) is 3.38. The molecule has 0 bridgehead atoms. The van der Waals surface area contributed by atoms with Crippen LogP contribution in [0.5, 0.6) is 0 Å². The first-order chi connectivity index (χ1) is 12.6. The third kappa shape index (κ3) is 5.07. The first-order valence-corrected chi connectivity index (χ1v) is 8.28. The van der Waals surface area contributed by atoms with Crippen molar-refractivity contribution in [3.63, 3.8) is 0 Å². The molecule has 0 aromatic heterocycles. The molecule has 26 heavy (non-hydrogen) atoms. The predicted molar refractivity (Wildman–Crippen MR) is 103 cm³/mol. The Morgan fingerprint density at radius 2 is 1.81 bits per heavy atom. The van der Waals surface area contributed by atoms with E-state index in [-0.39, 0.29) is 18.2 Å². The van der Waals surface area contributed by atoms with Gasteiger partial charge in [0.05, 0.1) is 5.71 Å². The average Bonchev–Trinajstić information content (AvgIpc) is 2.66. The van der Waals surface area contributed by atoms with Gasteiger partial charge in [-0.1, -0.05) is 58.3 Å². The second-order valence-electron chi connectivity index (χ2n) is 5.32. The van der Waals surface area contributed by atoms with E-state index >= 15 is 0 Å². The van der Waals surface area contributed by atoms with Gasteiger partial charge < -0.3 is 15.0 Å². The number of oxime groups is 2. The lowest BCUT2D eigenvalue weighted by Crippen LogP contribution is -2.29. The van der Waals surface area contributed by atoms with E-state index in [1.807, 2.05) is 37.3 Å². The van der Waals surface area contributed by atoms with Crippen LogP contribution in [0.4, 0.5) is 0 Å². The van der Waals surface area contributed by atoms with Crippen molar-refractivity contribution < 1.29 is 14.5 Å². The zero-order valence-electron chi connectivity index (χ0n) is 14.8. The van der Waals surface area contributed by atoms with Gasteiger partial charge in [0.15, 0.2) is 5.71 Å². The monoisotopic (exact) mass is 373 g/mol. The van der Waals surface area contributed by atoms with E-state index < -0.39 is 0 Å². The number of carbonyl (C=O) groups excluding carboxylic acids is 1. The molecule has 0 atom stereocenters. The third-order valence-electron chi connectivity index (χ3n) is 3.58. The summed E-state index contributed by atoms with van der Waals surface area (Å²) in [6.45, 7) is 2.03. The number of carbonyl (C=O) groups is 1. The topological polar surface area (TPSA) is 72.3 Å². The number of hydrogen-bond acceptors (Lipinski definition) is 5. The quantitative estimate of drug-likeness (QED) is 0.597. The highest BCUT2D eigenvalue weighted by Gasteiger charge is 2.17. The molecule has 0 unspecified atom stereocenters. The molecule has 0 aliphatic heterocycles. The maximum Gasteiger partial charge on any atom is 0.273 e. The fourth-order valence-corrected chi connectivity index (χ4v) is 2.37. The fraction of sp³-hybridized carbons (Fsp3) is 0.211. The Morgan fingerprint density at radius 3 is 2.46 bits per heavy atom. The van der Waals surface area contributed by atoms with E-state index in [4.69, 9.17) is 21.3 Å². The molecule has 0 radical (unpaired) electrons. The van der Waals surface area contributed by atoms with Crippen LogP contribution in [-0.2, 0) is 21.1 Å². The normalized spacial score (nSPS) is 11.8. The molecule has 2 rings (SSSR count). The van der Waals surface area contributed by atoms with Gasteiger partial charge in [-0.25, -0.2) is 0 Å². The molecule has 0 aliphatic carbocycles. The Kier molecular flexibility index (Phi) is 7.17. The molecule has 2 aromatic carbocycles. The number of amides is 1. The molecular formula is C19H20ClN3O3. The van der Waals surface area contributed by atoms with Gasteiger partial charge in [-0.3, -0.25) is 4.79 Å². The van der Waals surface area contributed by atoms with Crippen LogP contribution in [0.25, 0.3) is 0 Å². The van der Waals surface area contributed by atoms with Crippen LogP contribution >= 0.6 is 11.6 Å². The first kappa shape index (κ1) is 19.5. The van der Waals surface area contributed by atoms with Gasteiger partial charge in [-0.15, -0.1) is 0 Å². The van der Waals surface area contributed by atoms with Crippen LogP contribution in [0.15, 0.2) is 58.8 Å². The Hall–Kier alpha value is -2.86. The van der Waals surface area contributed by atoms with Crippen molar-refractivity contribution in [2.75, 3.05) is 14.2 Å². The van der Waals surface area contributed by atoms with Crippen molar-refractivity contribution in [2.24, 2.45) is 10.3 Å². The smallest absolute Gasteiger partial charge is 0.273 e. The Labute approximate surface area is 157 Å². The minimum Gasteiger partial charge on any atom is -0.398 e. The molecule has 2 aromatic rings. The van der Waals surface area contributed by atoms with Gasteiger partial charge >= 0.3 is 0 Å². The summed E-state index contributed by atoms with van der Waals surface area (Å²) >= 11 is 5.89. The number of rotatable bonds is 7. The van der Waals surface area contributed by atoms with Crippen molar-refractivity contribution in [1.82, 2.24) is 5.32 Å². The molecule has 1 amide bonds. The number of likely N-dealkylation sites (N-methyl/N-ethyl adjacent to an activating group) is 1. The van der Waals surface area contributed by atoms with E-state index in [1.54, 1.807) is 18.2 Å². The van der Waals surface area contributed by atoms with Crippen LogP contribution in [0.3, 0.4) is 0 Å². The molecular weight excluding hydrogens is 354 g/mol. The number of nitrogens with zero attached hydrogens (tertiary/aromatic N) is 2. The summed E-state index contributed by atoms with van der Waals surface area (Å²) in [4.78, 5) is 22.3. The lowest BCUT2D eigenvalue weighted by Gasteiger charge is -2.10. The maximum absolute atomic E-state index is 12.0. The van der Waals surface area contributed by atoms with Gasteiger partial charge in [0, 0.05) is 23.2 Å². The summed E-state index contributed by atoms with van der Waals surface area (Å²) in [7, 11) is 2.92. The summed E-state index contributed by atoms with van der Waals surface area (Å²) in [5, 5.41) is 11.2. The second kappa shape index (κ2) is 9.58. The van der Waals surface area contributed by atoms with E-state index in [0.717, 1.165) is 16.8 Å². The van der Waals surface area contributed by atoms with Crippen molar-refractivity contribution in [2.45, 2.75) is 13.5 Å². The number of halogens is 1. The molecule has 0 heterocycles. The van der Waals surface area contributed by atoms with Crippen LogP contribution in [0.2, 0.25) is 5.02 Å². The summed E-state index contributed by atoms with van der Waals surface area (Å²) in [6.07, 6.45) is 0. The largest absolute Gasteiger partial charge is 0.398 e. The summed E-state index contributed by atoms with van der Waals surface area (Å²) in [6, 6.07) is 14.6. The second-order valence-corrected chi connectivity index (χ2v) is 5.75. The van der Waals surface area contributed by atoms with Crippen LogP contribution in [0, 0.1) is 0 Å². The van der Waals surface area contributed by atoms with E-state index in [0.29, 0.717) is 10.6 Å². The minimum atomic E-state index is -0.347. The highest BCUT2D eigenvalue weighted by atomic mass is 35.5. The van der Waals surface area contributed by atoms with E-state index in [9.17, 15) is 4.79 Å². The number of benzene rings is 2. The zero-order chi connectivity index (χ0) is 18.9. The highest BCUT2D eigenvalue weighted by Crippen LogP contribution is 2.14. The molecule has 6 nitrogen and oxygen atoms in total. The van der Waals surface area contributed by atoms with Crippen LogP contribution in [0.1, 0.15) is 23.6 Å². The lowest BCUT2D eigenvalue weighted by molar-refractivity contribution is -0.114. The molecule has 0 spiro atoms. The summed E-state index contributed by atoms with van der Waals surface area (Å²) in [5.41, 5.74) is 3.19. The van der Waals surface area contributed by atoms with Crippen molar-refractivity contribution in [1.29, 1.82) is 0 Å². The Balaban J connectivity index is 2.17. The van der Waals surface area contributed by atoms with E-state index in [2.05, 4.69) is 15.6 Å². The van der Waals surface area contributed by atoms with Crippen LogP contribution in [-0.4, -0.2) is 31.5 Å². The van der Waals surface area contributed by atoms with E-state index in [1.165, 1.54) is 14.2 Å². The number of nitrogens with one attached hydrogen (secondary N) is 1. The first-order valence-electron chi connectivity index (χ1n) is 7.90. The SMILES string of the molecule is CNC(=O)C(=NOC)c1ccccc1CON=C(C)c1ccc(Cl)cc1. The molecule has 7 heteroatoms. The highest BCUT2D eigenvalue weighted by molar-refractivity contribution is 6.45. The Bertz CT molecular complexity index is 817. The van der Waals surface area contributed by atoms with Gasteiger partial charge in [0.2, 0.25) is 0 Å². The summed E-state index contributed by atoms with van der Waals surface area (Å²) < 4.78 is 0. The van der Waals surface area contributed by atoms with Crippen LogP contribution < -0.4 is 5.32 Å².